The highest BCUT2D eigenvalue weighted by molar-refractivity contribution is 7.51. The van der Waals surface area contributed by atoms with E-state index in [1.165, 1.54) is 37.5 Å². The minimum absolute atomic E-state index is 0.0135. The summed E-state index contributed by atoms with van der Waals surface area (Å²) in [6, 6.07) is 0. The summed E-state index contributed by atoms with van der Waals surface area (Å²) in [5.74, 6) is -0.117. The lowest BCUT2D eigenvalue weighted by molar-refractivity contribution is -0.0679. The van der Waals surface area contributed by atoms with Crippen molar-refractivity contribution in [1.29, 1.82) is 0 Å². The fourth-order valence-corrected chi connectivity index (χ4v) is 11.0. The van der Waals surface area contributed by atoms with E-state index < -0.39 is 83.3 Å². The van der Waals surface area contributed by atoms with E-state index in [0.29, 0.717) is 0 Å². The average molecular weight is 813 g/mol. The second kappa shape index (κ2) is 14.5. The van der Waals surface area contributed by atoms with Crippen molar-refractivity contribution in [3.05, 3.63) is 29.3 Å². The van der Waals surface area contributed by atoms with Gasteiger partial charge in [0.15, 0.2) is 35.1 Å². The zero-order valence-corrected chi connectivity index (χ0v) is 30.7. The number of nitrogen functional groups attached to an aromatic ring is 2. The smallest absolute Gasteiger partial charge is 0.387 e. The van der Waals surface area contributed by atoms with E-state index in [9.17, 15) is 15.0 Å². The predicted molar refractivity (Wildman–Crippen MR) is 184 cm³/mol. The van der Waals surface area contributed by atoms with E-state index >= 15 is 9.13 Å². The Morgan fingerprint density at radius 3 is 1.98 bits per heavy atom. The summed E-state index contributed by atoms with van der Waals surface area (Å²) in [7, 11) is -8.86. The highest BCUT2D eigenvalue weighted by atomic mass is 31.2. The number of nitrogens with one attached hydrogen (secondary N) is 1. The van der Waals surface area contributed by atoms with Gasteiger partial charge < -0.3 is 40.6 Å². The highest BCUT2D eigenvalue weighted by Gasteiger charge is 2.56. The largest absolute Gasteiger partial charge is 0.408 e. The van der Waals surface area contributed by atoms with Crippen LogP contribution in [0.25, 0.3) is 22.3 Å². The average Bonchev–Trinajstić information content (AvgIpc) is 3.95. The lowest BCUT2D eigenvalue weighted by Gasteiger charge is -2.36. The van der Waals surface area contributed by atoms with Crippen LogP contribution < -0.4 is 17.0 Å². The van der Waals surface area contributed by atoms with Crippen LogP contribution in [0.1, 0.15) is 12.5 Å². The van der Waals surface area contributed by atoms with E-state index in [-0.39, 0.29) is 86.7 Å². The molecule has 9 heterocycles. The number of hydrogen-bond acceptors (Lipinski definition) is 20. The molecule has 5 fully saturated rings. The second-order valence-corrected chi connectivity index (χ2v) is 17.2. The summed E-state index contributed by atoms with van der Waals surface area (Å²) in [5.41, 5.74) is 11.6. The molecule has 0 spiro atoms. The summed E-state index contributed by atoms with van der Waals surface area (Å²) in [6.07, 6.45) is -7.33. The van der Waals surface area contributed by atoms with E-state index in [1.807, 2.05) is 0 Å². The first-order valence-electron chi connectivity index (χ1n) is 17.4. The van der Waals surface area contributed by atoms with Gasteiger partial charge in [0.2, 0.25) is 5.95 Å². The van der Waals surface area contributed by atoms with E-state index in [2.05, 4.69) is 29.9 Å². The summed E-state index contributed by atoms with van der Waals surface area (Å²) >= 11 is 0. The molecule has 0 radical (unpaired) electrons. The van der Waals surface area contributed by atoms with Crippen molar-refractivity contribution in [2.45, 2.75) is 49.1 Å². The maximum Gasteiger partial charge on any atom is 0.408 e. The summed E-state index contributed by atoms with van der Waals surface area (Å²) in [6.45, 7) is 0.176. The van der Waals surface area contributed by atoms with Crippen LogP contribution >= 0.6 is 15.5 Å². The third kappa shape index (κ3) is 6.56. The van der Waals surface area contributed by atoms with Crippen LogP contribution in [0.3, 0.4) is 0 Å². The molecule has 0 amide bonds. The van der Waals surface area contributed by atoms with Gasteiger partial charge in [-0.25, -0.2) is 38.4 Å². The molecule has 0 aromatic carbocycles. The molecule has 9 rings (SSSR count). The number of aliphatic hydroxyl groups is 2. The Morgan fingerprint density at radius 1 is 0.727 bits per heavy atom. The molecule has 5 aliphatic heterocycles. The van der Waals surface area contributed by atoms with Gasteiger partial charge in [-0.1, -0.05) is 0 Å². The van der Waals surface area contributed by atoms with Crippen molar-refractivity contribution in [3.8, 4) is 0 Å². The van der Waals surface area contributed by atoms with Crippen molar-refractivity contribution in [2.75, 3.05) is 77.3 Å². The second-order valence-electron chi connectivity index (χ2n) is 13.3. The molecule has 0 aliphatic carbocycles. The molecule has 2 bridgehead atoms. The summed E-state index contributed by atoms with van der Waals surface area (Å²) in [5, 5.41) is 23.7. The molecule has 5 saturated heterocycles. The molecule has 298 valence electrons. The number of anilines is 2. The first kappa shape index (κ1) is 37.1. The molecule has 0 saturated carbocycles. The van der Waals surface area contributed by atoms with Gasteiger partial charge in [-0.2, -0.15) is 4.98 Å². The monoisotopic (exact) mass is 812 g/mol. The Bertz CT molecular complexity index is 2210. The molecule has 10 unspecified atom stereocenters. The number of aromatic amines is 1. The van der Waals surface area contributed by atoms with Gasteiger partial charge in [-0.15, -0.1) is 0 Å². The Hall–Kier alpha value is -3.52. The Labute approximate surface area is 309 Å². The maximum absolute atomic E-state index is 15.1. The van der Waals surface area contributed by atoms with Crippen LogP contribution in [0, 0.1) is 0 Å². The van der Waals surface area contributed by atoms with Gasteiger partial charge in [0.1, 0.15) is 48.5 Å². The zero-order chi connectivity index (χ0) is 38.1. The van der Waals surface area contributed by atoms with Gasteiger partial charge >= 0.3 is 15.5 Å². The fourth-order valence-electron chi connectivity index (χ4n) is 7.19. The third-order valence-electron chi connectivity index (χ3n) is 9.99. The molecule has 4 aromatic rings. The number of imidazole rings is 2. The van der Waals surface area contributed by atoms with E-state index in [4.69, 9.17) is 48.5 Å². The lowest BCUT2D eigenvalue weighted by Crippen LogP contribution is -2.41. The quantitative estimate of drug-likeness (QED) is 0.144. The van der Waals surface area contributed by atoms with Gasteiger partial charge in [0.05, 0.1) is 52.3 Å². The number of nitrogens with two attached hydrogens (primary N) is 2. The molecular formula is C28H38N12O13P2. The Balaban J connectivity index is 1.12. The number of nitrogens with zero attached hydrogens (tertiary/aromatic N) is 9. The first-order valence-corrected chi connectivity index (χ1v) is 20.4. The van der Waals surface area contributed by atoms with E-state index in [1.54, 1.807) is 0 Å². The van der Waals surface area contributed by atoms with Crippen molar-refractivity contribution < 1.29 is 56.4 Å². The highest BCUT2D eigenvalue weighted by Crippen LogP contribution is 2.59. The molecule has 10 atom stereocenters. The van der Waals surface area contributed by atoms with Crippen LogP contribution in [0.2, 0.25) is 0 Å². The topological polar surface area (TPSA) is 314 Å². The van der Waals surface area contributed by atoms with Gasteiger partial charge in [0.25, 0.3) is 5.56 Å². The zero-order valence-electron chi connectivity index (χ0n) is 28.9. The first-order chi connectivity index (χ1) is 26.5. The number of morpholine rings is 2. The van der Waals surface area contributed by atoms with E-state index in [0.717, 1.165) is 0 Å². The SMILES string of the molecule is Nc1nc2c(ncn2C2OC3COP(=O)(N4CCOCC4)OC4C(COP(=O)(N5CCOCC5)OC2C3O)OC(n2cnc3c(N)ncnc32)C4O)c(=O)[nH]1. The summed E-state index contributed by atoms with van der Waals surface area (Å²) in [4.78, 5) is 35.9. The number of hydrogen-bond donors (Lipinski definition) is 5. The fraction of sp³-hybridized carbons (Fsp3) is 0.643. The van der Waals surface area contributed by atoms with Gasteiger partial charge in [-0.05, 0) is 0 Å². The van der Waals surface area contributed by atoms with Crippen molar-refractivity contribution in [3.63, 3.8) is 0 Å². The normalized spacial score (nSPS) is 37.1. The van der Waals surface area contributed by atoms with Gasteiger partial charge in [-0.3, -0.25) is 37.0 Å². The van der Waals surface area contributed by atoms with Crippen LogP contribution in [-0.4, -0.2) is 161 Å². The van der Waals surface area contributed by atoms with Crippen LogP contribution in [0.5, 0.6) is 0 Å². The number of aliphatic hydroxyl groups excluding tert-OH is 2. The molecule has 4 aromatic heterocycles. The minimum atomic E-state index is -4.45. The van der Waals surface area contributed by atoms with Gasteiger partial charge in [0, 0.05) is 26.2 Å². The number of fused-ring (bicyclic) bond motifs is 5. The minimum Gasteiger partial charge on any atom is -0.387 e. The third-order valence-corrected chi connectivity index (χ3v) is 14.1. The molecular weight excluding hydrogens is 774 g/mol. The van der Waals surface area contributed by atoms with Crippen LogP contribution in [0.15, 0.2) is 23.8 Å². The number of rotatable bonds is 4. The Kier molecular flexibility index (Phi) is 9.74. The van der Waals surface area contributed by atoms with Crippen LogP contribution in [0.4, 0.5) is 11.8 Å². The molecule has 25 nitrogen and oxygen atoms in total. The number of aromatic nitrogens is 8. The molecule has 5 aliphatic rings. The predicted octanol–water partition coefficient (Wildman–Crippen LogP) is -1.66. The van der Waals surface area contributed by atoms with Crippen molar-refractivity contribution >= 4 is 49.6 Å². The van der Waals surface area contributed by atoms with Crippen molar-refractivity contribution in [2.24, 2.45) is 0 Å². The van der Waals surface area contributed by atoms with Crippen molar-refractivity contribution in [1.82, 2.24) is 48.4 Å². The standard InChI is InChI=1S/C28H38N12O13P2/c29-22-16-23(32-11-31-22)39(12-33-16)26-19(42)20-15(51-26)10-49-55(45,38-3-7-47-8-4-38)53-21-18(41)14(9-48-54(44,52-20)37-1-5-46-6-2-37)50-27(21)40-13-34-17-24(40)35-28(30)36-25(17)43/h11-15,18-21,26-27,41-42H,1-10H2,(H2,29,31,32)(H3,30,35,36,43). The maximum atomic E-state index is 15.1. The number of H-pyrrole nitrogens is 1. The molecule has 55 heavy (non-hydrogen) atoms. The molecule has 27 heteroatoms. The lowest BCUT2D eigenvalue weighted by atomic mass is 10.1. The molecule has 7 N–H and O–H groups in total. The summed E-state index contributed by atoms with van der Waals surface area (Å²) < 4.78 is 84.3. The number of ether oxygens (including phenoxy) is 4. The van der Waals surface area contributed by atoms with Crippen LogP contribution in [-0.2, 0) is 46.2 Å². The Morgan fingerprint density at radius 2 is 1.31 bits per heavy atom.